The molecule has 2 amide bonds. The van der Waals surface area contributed by atoms with Crippen LogP contribution in [0.1, 0.15) is 10.4 Å². The second-order valence-corrected chi connectivity index (χ2v) is 5.92. The number of carbonyl (C=O) groups excluding carboxylic acids is 2. The van der Waals surface area contributed by atoms with Gasteiger partial charge in [-0.05, 0) is 24.3 Å². The summed E-state index contributed by atoms with van der Waals surface area (Å²) in [5, 5.41) is 5.44. The lowest BCUT2D eigenvalue weighted by atomic mass is 10.2. The van der Waals surface area contributed by atoms with Gasteiger partial charge in [-0.2, -0.15) is 0 Å². The maximum absolute atomic E-state index is 12.5. The number of aryl methyl sites for hydroxylation is 1. The lowest BCUT2D eigenvalue weighted by Gasteiger charge is -2.18. The molecule has 1 aliphatic rings. The first-order chi connectivity index (χ1) is 12.9. The molecule has 0 unspecified atom stereocenters. The average molecular weight is 367 g/mol. The van der Waals surface area contributed by atoms with Crippen LogP contribution in [0.5, 0.6) is 5.75 Å². The highest BCUT2D eigenvalue weighted by atomic mass is 16.5. The standard InChI is InChI=1S/C17H13N5O5/c1-22-14-10(16(25)21-17(22)26)4-8(6-18-14)15(24)19-9-2-3-12-11(5-9)20-13(23)7-27-12/h2-6H,7H2,1H3,(H,19,24)(H,20,23)(H,21,25,26). The highest BCUT2D eigenvalue weighted by molar-refractivity contribution is 6.06. The minimum Gasteiger partial charge on any atom is -0.482 e. The molecule has 0 aliphatic carbocycles. The summed E-state index contributed by atoms with van der Waals surface area (Å²) in [6, 6.07) is 6.18. The Hall–Kier alpha value is -3.95. The van der Waals surface area contributed by atoms with Crippen LogP contribution in [-0.4, -0.2) is 33.0 Å². The molecule has 0 fully saturated rings. The molecule has 4 rings (SSSR count). The van der Waals surface area contributed by atoms with Crippen molar-refractivity contribution in [3.63, 3.8) is 0 Å². The van der Waals surface area contributed by atoms with Crippen LogP contribution >= 0.6 is 0 Å². The number of nitrogens with one attached hydrogen (secondary N) is 3. The Labute approximate surface area is 150 Å². The monoisotopic (exact) mass is 367 g/mol. The summed E-state index contributed by atoms with van der Waals surface area (Å²) in [7, 11) is 1.47. The number of hydrogen-bond acceptors (Lipinski definition) is 6. The van der Waals surface area contributed by atoms with E-state index in [1.165, 1.54) is 23.9 Å². The number of aromatic nitrogens is 3. The Bertz CT molecular complexity index is 1230. The number of fused-ring (bicyclic) bond motifs is 2. The molecule has 0 saturated carbocycles. The van der Waals surface area contributed by atoms with Gasteiger partial charge in [0.15, 0.2) is 6.61 Å². The van der Waals surface area contributed by atoms with Gasteiger partial charge in [0.05, 0.1) is 16.6 Å². The number of carbonyl (C=O) groups is 2. The van der Waals surface area contributed by atoms with Crippen LogP contribution in [0, 0.1) is 0 Å². The molecule has 3 N–H and O–H groups in total. The third kappa shape index (κ3) is 2.92. The summed E-state index contributed by atoms with van der Waals surface area (Å²) in [4.78, 5) is 53.7. The van der Waals surface area contributed by atoms with Gasteiger partial charge in [-0.3, -0.25) is 23.9 Å². The maximum atomic E-state index is 12.5. The molecule has 0 radical (unpaired) electrons. The first-order valence-corrected chi connectivity index (χ1v) is 7.89. The Balaban J connectivity index is 1.66. The van der Waals surface area contributed by atoms with Crippen LogP contribution in [0.25, 0.3) is 11.0 Å². The highest BCUT2D eigenvalue weighted by Gasteiger charge is 2.17. The van der Waals surface area contributed by atoms with Crippen LogP contribution in [0.3, 0.4) is 0 Å². The number of anilines is 2. The van der Waals surface area contributed by atoms with E-state index in [0.717, 1.165) is 0 Å². The first-order valence-electron chi connectivity index (χ1n) is 7.89. The van der Waals surface area contributed by atoms with Crippen molar-refractivity contribution >= 4 is 34.2 Å². The number of rotatable bonds is 2. The van der Waals surface area contributed by atoms with Crippen molar-refractivity contribution in [2.45, 2.75) is 0 Å². The summed E-state index contributed by atoms with van der Waals surface area (Å²) in [6.45, 7) is -0.0570. The predicted octanol–water partition coefficient (Wildman–Crippen LogP) is 0.205. The number of aromatic amines is 1. The minimum atomic E-state index is -0.621. The summed E-state index contributed by atoms with van der Waals surface area (Å²) >= 11 is 0. The van der Waals surface area contributed by atoms with Crippen molar-refractivity contribution in [1.82, 2.24) is 14.5 Å². The molecule has 1 aliphatic heterocycles. The lowest BCUT2D eigenvalue weighted by Crippen LogP contribution is -2.29. The van der Waals surface area contributed by atoms with Crippen LogP contribution in [0.4, 0.5) is 11.4 Å². The first kappa shape index (κ1) is 16.5. The number of amides is 2. The second-order valence-electron chi connectivity index (χ2n) is 5.92. The largest absolute Gasteiger partial charge is 0.482 e. The Morgan fingerprint density at radius 3 is 2.89 bits per heavy atom. The molecule has 0 bridgehead atoms. The van der Waals surface area contributed by atoms with Gasteiger partial charge in [0.25, 0.3) is 17.4 Å². The molecular weight excluding hydrogens is 354 g/mol. The third-order valence-corrected chi connectivity index (χ3v) is 4.09. The maximum Gasteiger partial charge on any atom is 0.329 e. The molecule has 136 valence electrons. The number of benzene rings is 1. The van der Waals surface area contributed by atoms with Crippen LogP contribution in [0.15, 0.2) is 40.1 Å². The van der Waals surface area contributed by atoms with Crippen molar-refractivity contribution in [1.29, 1.82) is 0 Å². The van der Waals surface area contributed by atoms with Gasteiger partial charge in [-0.15, -0.1) is 0 Å². The van der Waals surface area contributed by atoms with Crippen molar-refractivity contribution in [2.24, 2.45) is 7.05 Å². The molecule has 1 aromatic carbocycles. The van der Waals surface area contributed by atoms with Crippen molar-refractivity contribution in [3.8, 4) is 5.75 Å². The van der Waals surface area contributed by atoms with E-state index in [1.54, 1.807) is 18.2 Å². The molecular formula is C17H13N5O5. The third-order valence-electron chi connectivity index (χ3n) is 4.09. The Kier molecular flexibility index (Phi) is 3.73. The quantitative estimate of drug-likeness (QED) is 0.592. The van der Waals surface area contributed by atoms with E-state index in [2.05, 4.69) is 20.6 Å². The molecule has 10 nitrogen and oxygen atoms in total. The lowest BCUT2D eigenvalue weighted by molar-refractivity contribution is -0.118. The number of pyridine rings is 1. The molecule has 27 heavy (non-hydrogen) atoms. The summed E-state index contributed by atoms with van der Waals surface area (Å²) < 4.78 is 6.45. The smallest absolute Gasteiger partial charge is 0.329 e. The zero-order valence-electron chi connectivity index (χ0n) is 14.0. The van der Waals surface area contributed by atoms with Gasteiger partial charge in [0.1, 0.15) is 11.4 Å². The Morgan fingerprint density at radius 2 is 2.07 bits per heavy atom. The summed E-state index contributed by atoms with van der Waals surface area (Å²) in [6.07, 6.45) is 1.28. The van der Waals surface area contributed by atoms with Crippen LogP contribution in [0.2, 0.25) is 0 Å². The van der Waals surface area contributed by atoms with Crippen molar-refractivity contribution in [3.05, 3.63) is 56.9 Å². The summed E-state index contributed by atoms with van der Waals surface area (Å²) in [5.74, 6) is -0.275. The highest BCUT2D eigenvalue weighted by Crippen LogP contribution is 2.30. The topological polar surface area (TPSA) is 135 Å². The van der Waals surface area contributed by atoms with Crippen molar-refractivity contribution < 1.29 is 14.3 Å². The molecule has 0 saturated heterocycles. The van der Waals surface area contributed by atoms with Gasteiger partial charge in [0.2, 0.25) is 0 Å². The zero-order chi connectivity index (χ0) is 19.1. The van der Waals surface area contributed by atoms with Crippen molar-refractivity contribution in [2.75, 3.05) is 17.2 Å². The average Bonchev–Trinajstić information content (AvgIpc) is 2.65. The molecule has 2 aromatic heterocycles. The predicted molar refractivity (Wildman–Crippen MR) is 96.1 cm³/mol. The number of hydrogen-bond donors (Lipinski definition) is 3. The number of H-pyrrole nitrogens is 1. The van der Waals surface area contributed by atoms with E-state index in [0.29, 0.717) is 17.1 Å². The second kappa shape index (κ2) is 6.09. The van der Waals surface area contributed by atoms with Gasteiger partial charge in [-0.1, -0.05) is 0 Å². The zero-order valence-corrected chi connectivity index (χ0v) is 14.0. The van der Waals surface area contributed by atoms with E-state index in [-0.39, 0.29) is 29.1 Å². The van der Waals surface area contributed by atoms with E-state index >= 15 is 0 Å². The van der Waals surface area contributed by atoms with Gasteiger partial charge < -0.3 is 15.4 Å². The molecule has 10 heteroatoms. The summed E-state index contributed by atoms with van der Waals surface area (Å²) in [5.41, 5.74) is -0.0100. The molecule has 3 heterocycles. The number of nitrogens with zero attached hydrogens (tertiary/aromatic N) is 2. The van der Waals surface area contributed by atoms with Gasteiger partial charge >= 0.3 is 5.69 Å². The molecule has 3 aromatic rings. The van der Waals surface area contributed by atoms with Gasteiger partial charge in [0, 0.05) is 18.9 Å². The van der Waals surface area contributed by atoms with E-state index in [4.69, 9.17) is 4.74 Å². The van der Waals surface area contributed by atoms with Crippen LogP contribution < -0.4 is 26.6 Å². The van der Waals surface area contributed by atoms with Gasteiger partial charge in [-0.25, -0.2) is 9.78 Å². The minimum absolute atomic E-state index is 0.0570. The molecule has 0 atom stereocenters. The SMILES string of the molecule is Cn1c(=O)[nH]c(=O)c2cc(C(=O)Nc3ccc4c(c3)NC(=O)CO4)cnc21. The fourth-order valence-electron chi connectivity index (χ4n) is 2.72. The molecule has 0 spiro atoms. The van der Waals surface area contributed by atoms with Crippen LogP contribution in [-0.2, 0) is 11.8 Å². The normalized spacial score (nSPS) is 12.9. The van der Waals surface area contributed by atoms with E-state index < -0.39 is 17.2 Å². The van der Waals surface area contributed by atoms with E-state index in [9.17, 15) is 19.2 Å². The Morgan fingerprint density at radius 1 is 1.26 bits per heavy atom. The van der Waals surface area contributed by atoms with E-state index in [1.807, 2.05) is 0 Å². The fraction of sp³-hybridized carbons (Fsp3) is 0.118. The fourth-order valence-corrected chi connectivity index (χ4v) is 2.72. The number of ether oxygens (including phenoxy) is 1.